The van der Waals surface area contributed by atoms with Crippen molar-refractivity contribution in [2.24, 2.45) is 0 Å². The van der Waals surface area contributed by atoms with Gasteiger partial charge in [0.25, 0.3) is 0 Å². The average Bonchev–Trinajstić information content (AvgIpc) is 2.16. The standard InChI is InChI=1S/C9H20ClNO2/c1-9(8-10)11-4-7-13-6-3-5-12-2/h9,11H,3-8H2,1-2H3. The second-order valence-electron chi connectivity index (χ2n) is 2.97. The summed E-state index contributed by atoms with van der Waals surface area (Å²) in [7, 11) is 1.70. The quantitative estimate of drug-likeness (QED) is 0.458. The molecule has 0 aromatic carbocycles. The fourth-order valence-corrected chi connectivity index (χ4v) is 0.949. The van der Waals surface area contributed by atoms with Crippen LogP contribution in [0.3, 0.4) is 0 Å². The Labute approximate surface area is 85.7 Å². The maximum atomic E-state index is 5.61. The van der Waals surface area contributed by atoms with Crippen molar-refractivity contribution in [3.05, 3.63) is 0 Å². The number of halogens is 1. The van der Waals surface area contributed by atoms with Gasteiger partial charge in [-0.3, -0.25) is 0 Å². The summed E-state index contributed by atoms with van der Waals surface area (Å²) in [4.78, 5) is 0. The number of methoxy groups -OCH3 is 1. The van der Waals surface area contributed by atoms with Crippen LogP contribution in [0, 0.1) is 0 Å². The van der Waals surface area contributed by atoms with Crippen molar-refractivity contribution in [3.8, 4) is 0 Å². The number of hydrogen-bond donors (Lipinski definition) is 1. The lowest BCUT2D eigenvalue weighted by Gasteiger charge is -2.10. The molecule has 0 heterocycles. The Morgan fingerprint density at radius 1 is 1.31 bits per heavy atom. The number of alkyl halides is 1. The SMILES string of the molecule is COCCCOCCNC(C)CCl. The van der Waals surface area contributed by atoms with Gasteiger partial charge in [0.05, 0.1) is 6.61 Å². The van der Waals surface area contributed by atoms with E-state index < -0.39 is 0 Å². The minimum Gasteiger partial charge on any atom is -0.385 e. The first kappa shape index (κ1) is 13.2. The van der Waals surface area contributed by atoms with Crippen molar-refractivity contribution in [2.45, 2.75) is 19.4 Å². The second-order valence-corrected chi connectivity index (χ2v) is 3.28. The van der Waals surface area contributed by atoms with Crippen LogP contribution in [0.15, 0.2) is 0 Å². The summed E-state index contributed by atoms with van der Waals surface area (Å²) in [6, 6.07) is 0.365. The van der Waals surface area contributed by atoms with Gasteiger partial charge in [0.2, 0.25) is 0 Å². The molecule has 0 aromatic rings. The van der Waals surface area contributed by atoms with E-state index in [1.165, 1.54) is 0 Å². The van der Waals surface area contributed by atoms with Crippen molar-refractivity contribution in [3.63, 3.8) is 0 Å². The van der Waals surface area contributed by atoms with Crippen molar-refractivity contribution in [1.29, 1.82) is 0 Å². The fraction of sp³-hybridized carbons (Fsp3) is 1.00. The van der Waals surface area contributed by atoms with Gasteiger partial charge in [0.1, 0.15) is 0 Å². The van der Waals surface area contributed by atoms with Gasteiger partial charge in [0.15, 0.2) is 0 Å². The van der Waals surface area contributed by atoms with E-state index in [0.29, 0.717) is 11.9 Å². The Morgan fingerprint density at radius 2 is 2.08 bits per heavy atom. The summed E-state index contributed by atoms with van der Waals surface area (Å²) in [5, 5.41) is 3.23. The monoisotopic (exact) mass is 209 g/mol. The molecule has 1 unspecified atom stereocenters. The fourth-order valence-electron chi connectivity index (χ4n) is 0.839. The van der Waals surface area contributed by atoms with Gasteiger partial charge in [-0.1, -0.05) is 0 Å². The van der Waals surface area contributed by atoms with Crippen LogP contribution in [0.5, 0.6) is 0 Å². The molecule has 13 heavy (non-hydrogen) atoms. The Hall–Kier alpha value is 0.170. The van der Waals surface area contributed by atoms with Gasteiger partial charge in [-0.15, -0.1) is 11.6 Å². The Morgan fingerprint density at radius 3 is 2.69 bits per heavy atom. The van der Waals surface area contributed by atoms with Crippen LogP contribution < -0.4 is 5.32 Å². The summed E-state index contributed by atoms with van der Waals surface area (Å²) >= 11 is 5.61. The predicted molar refractivity (Wildman–Crippen MR) is 55.5 cm³/mol. The first-order valence-electron chi connectivity index (χ1n) is 4.67. The van der Waals surface area contributed by atoms with E-state index in [9.17, 15) is 0 Å². The lowest BCUT2D eigenvalue weighted by molar-refractivity contribution is 0.103. The van der Waals surface area contributed by atoms with Gasteiger partial charge >= 0.3 is 0 Å². The molecule has 1 atom stereocenters. The van der Waals surface area contributed by atoms with Crippen molar-refractivity contribution < 1.29 is 9.47 Å². The molecule has 0 aromatic heterocycles. The van der Waals surface area contributed by atoms with Crippen molar-refractivity contribution >= 4 is 11.6 Å². The molecule has 1 N–H and O–H groups in total. The number of hydrogen-bond acceptors (Lipinski definition) is 3. The van der Waals surface area contributed by atoms with Crippen LogP contribution >= 0.6 is 11.6 Å². The van der Waals surface area contributed by atoms with E-state index in [0.717, 1.165) is 32.8 Å². The summed E-state index contributed by atoms with van der Waals surface area (Å²) in [5.41, 5.74) is 0. The molecule has 3 nitrogen and oxygen atoms in total. The molecule has 0 saturated carbocycles. The highest BCUT2D eigenvalue weighted by molar-refractivity contribution is 6.18. The third kappa shape index (κ3) is 10.1. The van der Waals surface area contributed by atoms with Gasteiger partial charge in [0, 0.05) is 38.8 Å². The molecule has 0 aliphatic heterocycles. The molecule has 0 aliphatic carbocycles. The molecule has 0 radical (unpaired) electrons. The zero-order chi connectivity index (χ0) is 9.94. The van der Waals surface area contributed by atoms with Crippen LogP contribution in [0.2, 0.25) is 0 Å². The molecular formula is C9H20ClNO2. The van der Waals surface area contributed by atoms with Crippen LogP contribution in [-0.4, -0.2) is 45.4 Å². The van der Waals surface area contributed by atoms with Gasteiger partial charge in [-0.2, -0.15) is 0 Å². The van der Waals surface area contributed by atoms with E-state index in [1.54, 1.807) is 7.11 Å². The summed E-state index contributed by atoms with van der Waals surface area (Å²) in [6.07, 6.45) is 0.960. The third-order valence-electron chi connectivity index (χ3n) is 1.61. The maximum absolute atomic E-state index is 5.61. The molecule has 0 aliphatic rings. The Kier molecular flexibility index (Phi) is 10.4. The van der Waals surface area contributed by atoms with Gasteiger partial charge < -0.3 is 14.8 Å². The van der Waals surface area contributed by atoms with Crippen LogP contribution in [0.25, 0.3) is 0 Å². The zero-order valence-corrected chi connectivity index (χ0v) is 9.27. The molecule has 0 fully saturated rings. The van der Waals surface area contributed by atoms with Crippen LogP contribution in [-0.2, 0) is 9.47 Å². The number of ether oxygens (including phenoxy) is 2. The predicted octanol–water partition coefficient (Wildman–Crippen LogP) is 1.26. The molecule has 0 amide bonds. The average molecular weight is 210 g/mol. The molecule has 4 heteroatoms. The van der Waals surface area contributed by atoms with Crippen LogP contribution in [0.1, 0.15) is 13.3 Å². The van der Waals surface area contributed by atoms with Crippen molar-refractivity contribution in [1.82, 2.24) is 5.32 Å². The van der Waals surface area contributed by atoms with E-state index in [1.807, 2.05) is 0 Å². The highest BCUT2D eigenvalue weighted by atomic mass is 35.5. The van der Waals surface area contributed by atoms with E-state index in [-0.39, 0.29) is 0 Å². The molecule has 0 rings (SSSR count). The molecule has 0 saturated heterocycles. The lowest BCUT2D eigenvalue weighted by Crippen LogP contribution is -2.30. The summed E-state index contributed by atoms with van der Waals surface area (Å²) in [5.74, 6) is 0.643. The number of rotatable bonds is 9. The van der Waals surface area contributed by atoms with Gasteiger partial charge in [-0.05, 0) is 13.3 Å². The highest BCUT2D eigenvalue weighted by Crippen LogP contribution is 1.86. The highest BCUT2D eigenvalue weighted by Gasteiger charge is 1.96. The van der Waals surface area contributed by atoms with E-state index in [2.05, 4.69) is 12.2 Å². The normalized spacial score (nSPS) is 13.2. The summed E-state index contributed by atoms with van der Waals surface area (Å²) < 4.78 is 10.2. The molecule has 80 valence electrons. The Bertz CT molecular complexity index is 104. The first-order chi connectivity index (χ1) is 6.31. The zero-order valence-electron chi connectivity index (χ0n) is 8.51. The molecular weight excluding hydrogens is 190 g/mol. The topological polar surface area (TPSA) is 30.5 Å². The molecule has 0 spiro atoms. The maximum Gasteiger partial charge on any atom is 0.0591 e. The minimum atomic E-state index is 0.365. The first-order valence-corrected chi connectivity index (χ1v) is 5.20. The smallest absolute Gasteiger partial charge is 0.0591 e. The summed E-state index contributed by atoms with van der Waals surface area (Å²) in [6.45, 7) is 5.19. The van der Waals surface area contributed by atoms with Gasteiger partial charge in [-0.25, -0.2) is 0 Å². The number of nitrogens with one attached hydrogen (secondary N) is 1. The minimum absolute atomic E-state index is 0.365. The van der Waals surface area contributed by atoms with E-state index >= 15 is 0 Å². The second kappa shape index (κ2) is 10.3. The largest absolute Gasteiger partial charge is 0.385 e. The third-order valence-corrected chi connectivity index (χ3v) is 2.07. The van der Waals surface area contributed by atoms with E-state index in [4.69, 9.17) is 21.1 Å². The molecule has 0 bridgehead atoms. The van der Waals surface area contributed by atoms with Crippen LogP contribution in [0.4, 0.5) is 0 Å². The lowest BCUT2D eigenvalue weighted by atomic mass is 10.4. The Balaban J connectivity index is 2.91. The van der Waals surface area contributed by atoms with Crippen molar-refractivity contribution in [2.75, 3.05) is 39.4 Å².